The number of rotatable bonds is 7. The number of amides is 2. The van der Waals surface area contributed by atoms with Crippen LogP contribution in [0.1, 0.15) is 31.4 Å². The van der Waals surface area contributed by atoms with Crippen molar-refractivity contribution in [2.24, 2.45) is 0 Å². The molecule has 0 fully saturated rings. The lowest BCUT2D eigenvalue weighted by Crippen LogP contribution is -2.45. The van der Waals surface area contributed by atoms with Crippen LogP contribution >= 0.6 is 27.7 Å². The van der Waals surface area contributed by atoms with Gasteiger partial charge in [0, 0.05) is 15.9 Å². The highest BCUT2D eigenvalue weighted by atomic mass is 79.9. The predicted molar refractivity (Wildman–Crippen MR) is 95.2 cm³/mol. The number of hydrogen-bond donors (Lipinski definition) is 2. The van der Waals surface area contributed by atoms with E-state index in [9.17, 15) is 9.59 Å². The summed E-state index contributed by atoms with van der Waals surface area (Å²) in [5.41, 5.74) is 2.27. The van der Waals surface area contributed by atoms with Gasteiger partial charge in [0.05, 0.1) is 5.75 Å². The Balaban J connectivity index is 2.49. The Hall–Kier alpha value is -1.01. The molecule has 4 nitrogen and oxygen atoms in total. The number of nitrogens with one attached hydrogen (secondary N) is 2. The van der Waals surface area contributed by atoms with Crippen LogP contribution in [0.5, 0.6) is 0 Å². The van der Waals surface area contributed by atoms with Gasteiger partial charge in [-0.15, -0.1) is 11.8 Å². The van der Waals surface area contributed by atoms with Crippen molar-refractivity contribution in [1.29, 1.82) is 0 Å². The minimum atomic E-state index is -0.507. The van der Waals surface area contributed by atoms with Crippen LogP contribution in [0.15, 0.2) is 21.5 Å². The van der Waals surface area contributed by atoms with E-state index in [0.29, 0.717) is 12.3 Å². The van der Waals surface area contributed by atoms with Crippen molar-refractivity contribution in [3.63, 3.8) is 0 Å². The molecule has 0 radical (unpaired) electrons. The Morgan fingerprint density at radius 2 is 1.95 bits per heavy atom. The zero-order valence-corrected chi connectivity index (χ0v) is 15.9. The van der Waals surface area contributed by atoms with Gasteiger partial charge in [-0.2, -0.15) is 0 Å². The third-order valence-corrected chi connectivity index (χ3v) is 5.15. The van der Waals surface area contributed by atoms with E-state index in [0.717, 1.165) is 26.9 Å². The topological polar surface area (TPSA) is 58.2 Å². The van der Waals surface area contributed by atoms with E-state index in [2.05, 4.69) is 38.7 Å². The van der Waals surface area contributed by atoms with Gasteiger partial charge >= 0.3 is 0 Å². The summed E-state index contributed by atoms with van der Waals surface area (Å²) in [6.45, 7) is 8.36. The molecule has 22 heavy (non-hydrogen) atoms. The fourth-order valence-corrected chi connectivity index (χ4v) is 3.18. The van der Waals surface area contributed by atoms with E-state index < -0.39 is 6.04 Å². The number of benzene rings is 1. The standard InChI is InChI=1S/C16H23BrN2O2S/c1-5-6-18-16(21)12(4)19-15(20)9-22-14-8-10(2)13(17)7-11(14)3/h7-8,12H,5-6,9H2,1-4H3,(H,18,21)(H,19,20)/t12-/m0/s1. The molecule has 0 aromatic heterocycles. The van der Waals surface area contributed by atoms with Crippen LogP contribution in [0.4, 0.5) is 0 Å². The SMILES string of the molecule is CCCNC(=O)[C@H](C)NC(=O)CSc1cc(C)c(Br)cc1C. The molecule has 0 bridgehead atoms. The normalized spacial score (nSPS) is 11.9. The van der Waals surface area contributed by atoms with Gasteiger partial charge in [-0.25, -0.2) is 0 Å². The first-order valence-corrected chi connectivity index (χ1v) is 9.09. The molecule has 0 aliphatic rings. The molecule has 1 atom stereocenters. The summed E-state index contributed by atoms with van der Waals surface area (Å²) < 4.78 is 1.07. The number of halogens is 1. The van der Waals surface area contributed by atoms with Crippen molar-refractivity contribution in [3.8, 4) is 0 Å². The van der Waals surface area contributed by atoms with Crippen LogP contribution < -0.4 is 10.6 Å². The summed E-state index contributed by atoms with van der Waals surface area (Å²) in [5.74, 6) is 0.0211. The van der Waals surface area contributed by atoms with Crippen molar-refractivity contribution in [1.82, 2.24) is 10.6 Å². The van der Waals surface area contributed by atoms with Gasteiger partial charge in [-0.05, 0) is 50.5 Å². The Morgan fingerprint density at radius 1 is 1.27 bits per heavy atom. The Morgan fingerprint density at radius 3 is 2.59 bits per heavy atom. The van der Waals surface area contributed by atoms with Crippen molar-refractivity contribution >= 4 is 39.5 Å². The molecule has 0 spiro atoms. The maximum atomic E-state index is 11.9. The summed E-state index contributed by atoms with van der Waals surface area (Å²) in [7, 11) is 0. The molecule has 0 saturated carbocycles. The Bertz CT molecular complexity index is 549. The smallest absolute Gasteiger partial charge is 0.242 e. The second-order valence-corrected chi connectivity index (χ2v) is 7.11. The van der Waals surface area contributed by atoms with E-state index in [1.165, 1.54) is 11.8 Å². The lowest BCUT2D eigenvalue weighted by Gasteiger charge is -2.14. The van der Waals surface area contributed by atoms with Crippen LogP contribution in [-0.4, -0.2) is 30.2 Å². The molecule has 0 aliphatic heterocycles. The minimum Gasteiger partial charge on any atom is -0.354 e. The molecular formula is C16H23BrN2O2S. The lowest BCUT2D eigenvalue weighted by molar-refractivity contribution is -0.127. The van der Waals surface area contributed by atoms with Crippen molar-refractivity contribution in [2.75, 3.05) is 12.3 Å². The molecule has 6 heteroatoms. The largest absolute Gasteiger partial charge is 0.354 e. The molecule has 2 N–H and O–H groups in total. The summed E-state index contributed by atoms with van der Waals surface area (Å²) in [5, 5.41) is 5.49. The van der Waals surface area contributed by atoms with Crippen molar-refractivity contribution < 1.29 is 9.59 Å². The van der Waals surface area contributed by atoms with Gasteiger partial charge in [0.15, 0.2) is 0 Å². The lowest BCUT2D eigenvalue weighted by atomic mass is 10.2. The minimum absolute atomic E-state index is 0.135. The molecule has 1 rings (SSSR count). The third-order valence-electron chi connectivity index (χ3n) is 3.13. The average Bonchev–Trinajstić information content (AvgIpc) is 2.46. The first kappa shape index (κ1) is 19.0. The number of thioether (sulfide) groups is 1. The second-order valence-electron chi connectivity index (χ2n) is 5.24. The fraction of sp³-hybridized carbons (Fsp3) is 0.500. The van der Waals surface area contributed by atoms with Gasteiger partial charge in [-0.1, -0.05) is 22.9 Å². The summed E-state index contributed by atoms with van der Waals surface area (Å²) in [6, 6.07) is 3.61. The van der Waals surface area contributed by atoms with E-state index in [4.69, 9.17) is 0 Å². The van der Waals surface area contributed by atoms with E-state index in [1.807, 2.05) is 20.8 Å². The average molecular weight is 387 g/mol. The third kappa shape index (κ3) is 6.01. The Labute approximate surface area is 144 Å². The molecule has 1 aromatic carbocycles. The molecular weight excluding hydrogens is 364 g/mol. The Kier molecular flexibility index (Phi) is 7.96. The second kappa shape index (κ2) is 9.20. The first-order valence-electron chi connectivity index (χ1n) is 7.31. The zero-order valence-electron chi connectivity index (χ0n) is 13.5. The predicted octanol–water partition coefficient (Wildman–Crippen LogP) is 3.19. The van der Waals surface area contributed by atoms with Crippen LogP contribution in [-0.2, 0) is 9.59 Å². The number of carbonyl (C=O) groups excluding carboxylic acids is 2. The van der Waals surface area contributed by atoms with Crippen LogP contribution in [0.2, 0.25) is 0 Å². The maximum absolute atomic E-state index is 11.9. The summed E-state index contributed by atoms with van der Waals surface area (Å²) >= 11 is 4.98. The highest BCUT2D eigenvalue weighted by Gasteiger charge is 2.15. The summed E-state index contributed by atoms with van der Waals surface area (Å²) in [4.78, 5) is 24.7. The van der Waals surface area contributed by atoms with Gasteiger partial charge in [0.1, 0.15) is 6.04 Å². The monoisotopic (exact) mass is 386 g/mol. The molecule has 0 unspecified atom stereocenters. The summed E-state index contributed by atoms with van der Waals surface area (Å²) in [6.07, 6.45) is 0.879. The van der Waals surface area contributed by atoms with Crippen LogP contribution in [0.3, 0.4) is 0 Å². The number of aryl methyl sites for hydroxylation is 2. The molecule has 1 aromatic rings. The number of carbonyl (C=O) groups is 2. The quantitative estimate of drug-likeness (QED) is 0.707. The van der Waals surface area contributed by atoms with Gasteiger partial charge in [-0.3, -0.25) is 9.59 Å². The van der Waals surface area contributed by atoms with E-state index in [-0.39, 0.29) is 11.8 Å². The van der Waals surface area contributed by atoms with Crippen LogP contribution in [0.25, 0.3) is 0 Å². The van der Waals surface area contributed by atoms with Crippen molar-refractivity contribution in [2.45, 2.75) is 45.1 Å². The molecule has 0 aliphatic carbocycles. The first-order chi connectivity index (χ1) is 10.3. The van der Waals surface area contributed by atoms with Crippen LogP contribution in [0, 0.1) is 13.8 Å². The van der Waals surface area contributed by atoms with E-state index in [1.54, 1.807) is 6.92 Å². The fourth-order valence-electron chi connectivity index (χ4n) is 1.80. The van der Waals surface area contributed by atoms with Gasteiger partial charge in [0.2, 0.25) is 11.8 Å². The van der Waals surface area contributed by atoms with Gasteiger partial charge < -0.3 is 10.6 Å². The van der Waals surface area contributed by atoms with E-state index >= 15 is 0 Å². The molecule has 2 amide bonds. The maximum Gasteiger partial charge on any atom is 0.242 e. The zero-order chi connectivity index (χ0) is 16.7. The molecule has 0 saturated heterocycles. The molecule has 0 heterocycles. The number of hydrogen-bond acceptors (Lipinski definition) is 3. The highest BCUT2D eigenvalue weighted by molar-refractivity contribution is 9.10. The highest BCUT2D eigenvalue weighted by Crippen LogP contribution is 2.28. The molecule has 122 valence electrons. The van der Waals surface area contributed by atoms with Crippen molar-refractivity contribution in [3.05, 3.63) is 27.7 Å². The van der Waals surface area contributed by atoms with Gasteiger partial charge in [0.25, 0.3) is 0 Å².